The first-order valence-electron chi connectivity index (χ1n) is 5.11. The van der Waals surface area contributed by atoms with Crippen molar-refractivity contribution in [3.05, 3.63) is 30.7 Å². The van der Waals surface area contributed by atoms with Crippen molar-refractivity contribution in [2.75, 3.05) is 0 Å². The number of nitrogens with zero attached hydrogens (tertiary/aromatic N) is 5. The number of H-pyrrole nitrogens is 1. The lowest BCUT2D eigenvalue weighted by atomic mass is 10.5. The Morgan fingerprint density at radius 2 is 2.05 bits per heavy atom. The van der Waals surface area contributed by atoms with E-state index in [0.717, 1.165) is 0 Å². The van der Waals surface area contributed by atoms with Gasteiger partial charge in [-0.3, -0.25) is 0 Å². The SMILES string of the molecule is O=C(O)c1cnc(Sc2ncnc3nc[nH]c23)cn1. The fraction of sp³-hybridized carbons (Fsp3) is 0. The number of imidazole rings is 1. The van der Waals surface area contributed by atoms with Crippen LogP contribution in [-0.4, -0.2) is 41.0 Å². The average molecular weight is 274 g/mol. The van der Waals surface area contributed by atoms with Gasteiger partial charge in [-0.1, -0.05) is 0 Å². The first-order valence-corrected chi connectivity index (χ1v) is 5.93. The predicted molar refractivity (Wildman–Crippen MR) is 64.8 cm³/mol. The van der Waals surface area contributed by atoms with Gasteiger partial charge in [-0.05, 0) is 11.8 Å². The number of fused-ring (bicyclic) bond motifs is 1. The number of aromatic carboxylic acids is 1. The van der Waals surface area contributed by atoms with Crippen LogP contribution in [0.15, 0.2) is 35.1 Å². The molecule has 3 aromatic rings. The van der Waals surface area contributed by atoms with Gasteiger partial charge < -0.3 is 10.1 Å². The van der Waals surface area contributed by atoms with Crippen LogP contribution in [0.25, 0.3) is 11.2 Å². The molecular weight excluding hydrogens is 268 g/mol. The number of carboxylic acids is 1. The second-order valence-electron chi connectivity index (χ2n) is 3.43. The lowest BCUT2D eigenvalue weighted by molar-refractivity contribution is 0.0689. The maximum atomic E-state index is 10.7. The summed E-state index contributed by atoms with van der Waals surface area (Å²) in [7, 11) is 0. The zero-order valence-electron chi connectivity index (χ0n) is 9.31. The number of aromatic amines is 1. The van der Waals surface area contributed by atoms with E-state index in [0.29, 0.717) is 21.2 Å². The van der Waals surface area contributed by atoms with Crippen LogP contribution in [0.5, 0.6) is 0 Å². The summed E-state index contributed by atoms with van der Waals surface area (Å²) in [5, 5.41) is 9.93. The third-order valence-electron chi connectivity index (χ3n) is 2.24. The Hall–Kier alpha value is -2.55. The molecule has 0 amide bonds. The average Bonchev–Trinajstić information content (AvgIpc) is 2.89. The molecule has 0 aliphatic rings. The van der Waals surface area contributed by atoms with Gasteiger partial charge in [0.2, 0.25) is 0 Å². The standard InChI is InChI=1S/C10H6N6O2S/c17-10(18)5-1-12-6(2-11-5)19-9-7-8(14-3-13-7)15-4-16-9/h1-4H,(H,17,18)(H,13,14,15,16). The number of hydrogen-bond donors (Lipinski definition) is 2. The van der Waals surface area contributed by atoms with Crippen LogP contribution in [0.2, 0.25) is 0 Å². The number of aromatic nitrogens is 6. The van der Waals surface area contributed by atoms with Crippen molar-refractivity contribution < 1.29 is 9.90 Å². The highest BCUT2D eigenvalue weighted by Gasteiger charge is 2.10. The largest absolute Gasteiger partial charge is 0.476 e. The third-order valence-corrected chi connectivity index (χ3v) is 3.16. The molecular formula is C10H6N6O2S. The molecule has 2 N–H and O–H groups in total. The molecule has 0 radical (unpaired) electrons. The molecule has 3 aromatic heterocycles. The van der Waals surface area contributed by atoms with Gasteiger partial charge in [0.15, 0.2) is 11.3 Å². The van der Waals surface area contributed by atoms with E-state index in [9.17, 15) is 4.79 Å². The van der Waals surface area contributed by atoms with Gasteiger partial charge >= 0.3 is 5.97 Å². The highest BCUT2D eigenvalue weighted by molar-refractivity contribution is 7.99. The van der Waals surface area contributed by atoms with E-state index in [-0.39, 0.29) is 5.69 Å². The highest BCUT2D eigenvalue weighted by atomic mass is 32.2. The van der Waals surface area contributed by atoms with E-state index in [2.05, 4.69) is 29.9 Å². The van der Waals surface area contributed by atoms with Gasteiger partial charge in [0, 0.05) is 0 Å². The van der Waals surface area contributed by atoms with Crippen LogP contribution in [-0.2, 0) is 0 Å². The molecule has 0 bridgehead atoms. The quantitative estimate of drug-likeness (QED) is 0.679. The monoisotopic (exact) mass is 274 g/mol. The van der Waals surface area contributed by atoms with Crippen molar-refractivity contribution in [3.63, 3.8) is 0 Å². The first-order chi connectivity index (χ1) is 9.24. The second-order valence-corrected chi connectivity index (χ2v) is 4.44. The van der Waals surface area contributed by atoms with E-state index in [1.165, 1.54) is 36.8 Å². The van der Waals surface area contributed by atoms with Crippen molar-refractivity contribution in [1.82, 2.24) is 29.9 Å². The lowest BCUT2D eigenvalue weighted by Crippen LogP contribution is -2.00. The Labute approximate surface area is 110 Å². The van der Waals surface area contributed by atoms with Crippen molar-refractivity contribution in [3.8, 4) is 0 Å². The number of carboxylic acid groups (broad SMARTS) is 1. The third kappa shape index (κ3) is 2.22. The van der Waals surface area contributed by atoms with Crippen LogP contribution < -0.4 is 0 Å². The molecule has 0 fully saturated rings. The first kappa shape index (κ1) is 11.5. The maximum Gasteiger partial charge on any atom is 0.356 e. The zero-order valence-corrected chi connectivity index (χ0v) is 10.1. The molecule has 9 heteroatoms. The normalized spacial score (nSPS) is 10.7. The molecule has 0 unspecified atom stereocenters. The lowest BCUT2D eigenvalue weighted by Gasteiger charge is -2.00. The summed E-state index contributed by atoms with van der Waals surface area (Å²) in [6.45, 7) is 0. The maximum absolute atomic E-state index is 10.7. The Balaban J connectivity index is 1.92. The fourth-order valence-electron chi connectivity index (χ4n) is 1.40. The summed E-state index contributed by atoms with van der Waals surface area (Å²) in [5.41, 5.74) is 1.17. The number of carbonyl (C=O) groups is 1. The minimum Gasteiger partial charge on any atom is -0.476 e. The Bertz CT molecular complexity index is 741. The van der Waals surface area contributed by atoms with Gasteiger partial charge in [0.05, 0.1) is 18.7 Å². The fourth-order valence-corrected chi connectivity index (χ4v) is 2.16. The number of rotatable bonds is 3. The summed E-state index contributed by atoms with van der Waals surface area (Å²) in [5.74, 6) is -1.11. The summed E-state index contributed by atoms with van der Waals surface area (Å²) >= 11 is 1.25. The highest BCUT2D eigenvalue weighted by Crippen LogP contribution is 2.27. The topological polar surface area (TPSA) is 118 Å². The summed E-state index contributed by atoms with van der Waals surface area (Å²) in [6.07, 6.45) is 5.53. The molecule has 94 valence electrons. The number of nitrogens with one attached hydrogen (secondary N) is 1. The molecule has 0 aliphatic carbocycles. The van der Waals surface area contributed by atoms with Gasteiger partial charge in [0.25, 0.3) is 0 Å². The molecule has 3 heterocycles. The predicted octanol–water partition coefficient (Wildman–Crippen LogP) is 0.992. The van der Waals surface area contributed by atoms with Crippen LogP contribution in [0.1, 0.15) is 10.5 Å². The summed E-state index contributed by atoms with van der Waals surface area (Å²) < 4.78 is 0. The molecule has 3 rings (SSSR count). The van der Waals surface area contributed by atoms with Crippen molar-refractivity contribution in [2.24, 2.45) is 0 Å². The molecule has 0 atom stereocenters. The molecule has 0 saturated carbocycles. The van der Waals surface area contributed by atoms with Gasteiger partial charge in [0.1, 0.15) is 21.9 Å². The molecule has 0 saturated heterocycles. The Morgan fingerprint density at radius 3 is 2.79 bits per heavy atom. The van der Waals surface area contributed by atoms with Gasteiger partial charge in [-0.2, -0.15) is 0 Å². The zero-order chi connectivity index (χ0) is 13.2. The minimum absolute atomic E-state index is 0.0984. The van der Waals surface area contributed by atoms with E-state index in [1.807, 2.05) is 0 Å². The summed E-state index contributed by atoms with van der Waals surface area (Å²) in [6, 6.07) is 0. The van der Waals surface area contributed by atoms with Crippen LogP contribution in [0, 0.1) is 0 Å². The molecule has 0 aromatic carbocycles. The smallest absolute Gasteiger partial charge is 0.356 e. The Morgan fingerprint density at radius 1 is 1.16 bits per heavy atom. The minimum atomic E-state index is -1.11. The van der Waals surface area contributed by atoms with Gasteiger partial charge in [-0.15, -0.1) is 0 Å². The van der Waals surface area contributed by atoms with Crippen LogP contribution in [0.4, 0.5) is 0 Å². The van der Waals surface area contributed by atoms with E-state index in [1.54, 1.807) is 0 Å². The number of hydrogen-bond acceptors (Lipinski definition) is 7. The molecule has 0 spiro atoms. The van der Waals surface area contributed by atoms with E-state index >= 15 is 0 Å². The van der Waals surface area contributed by atoms with Crippen LogP contribution >= 0.6 is 11.8 Å². The van der Waals surface area contributed by atoms with E-state index in [4.69, 9.17) is 5.11 Å². The second kappa shape index (κ2) is 4.61. The van der Waals surface area contributed by atoms with Crippen molar-refractivity contribution in [1.29, 1.82) is 0 Å². The summed E-state index contributed by atoms with van der Waals surface area (Å²) in [4.78, 5) is 33.6. The van der Waals surface area contributed by atoms with Crippen molar-refractivity contribution >= 4 is 28.9 Å². The molecule has 19 heavy (non-hydrogen) atoms. The van der Waals surface area contributed by atoms with Gasteiger partial charge in [-0.25, -0.2) is 29.7 Å². The van der Waals surface area contributed by atoms with E-state index < -0.39 is 5.97 Å². The van der Waals surface area contributed by atoms with Crippen molar-refractivity contribution in [2.45, 2.75) is 10.1 Å². The van der Waals surface area contributed by atoms with Crippen LogP contribution in [0.3, 0.4) is 0 Å². The molecule has 8 nitrogen and oxygen atoms in total. The Kier molecular flexibility index (Phi) is 2.80. The molecule has 0 aliphatic heterocycles.